The number of fused-ring (bicyclic) bond motifs is 1. The van der Waals surface area contributed by atoms with Crippen LogP contribution in [0.3, 0.4) is 0 Å². The zero-order valence-corrected chi connectivity index (χ0v) is 17.8. The summed E-state index contributed by atoms with van der Waals surface area (Å²) in [6, 6.07) is 11.3. The number of furan rings is 1. The lowest BCUT2D eigenvalue weighted by atomic mass is 10.00. The van der Waals surface area contributed by atoms with Crippen molar-refractivity contribution in [3.05, 3.63) is 83.1 Å². The highest BCUT2D eigenvalue weighted by molar-refractivity contribution is 5.95. The summed E-state index contributed by atoms with van der Waals surface area (Å²) < 4.78 is 26.6. The maximum Gasteiger partial charge on any atom is 0.307 e. The fourth-order valence-electron chi connectivity index (χ4n) is 3.62. The van der Waals surface area contributed by atoms with Crippen LogP contribution >= 0.6 is 0 Å². The van der Waals surface area contributed by atoms with Gasteiger partial charge in [-0.05, 0) is 42.8 Å². The van der Waals surface area contributed by atoms with Crippen LogP contribution in [0.5, 0.6) is 5.75 Å². The van der Waals surface area contributed by atoms with Crippen molar-refractivity contribution in [3.8, 4) is 16.9 Å². The van der Waals surface area contributed by atoms with E-state index in [9.17, 15) is 14.7 Å². The molecule has 7 nitrogen and oxygen atoms in total. The van der Waals surface area contributed by atoms with Gasteiger partial charge in [-0.3, -0.25) is 14.6 Å². The number of ketones is 1. The van der Waals surface area contributed by atoms with Crippen molar-refractivity contribution < 1.29 is 28.2 Å². The molecule has 168 valence electrons. The van der Waals surface area contributed by atoms with Crippen molar-refractivity contribution in [1.82, 2.24) is 4.98 Å². The Morgan fingerprint density at radius 3 is 2.70 bits per heavy atom. The first-order chi connectivity index (χ1) is 15.9. The van der Waals surface area contributed by atoms with E-state index in [2.05, 4.69) is 4.98 Å². The van der Waals surface area contributed by atoms with E-state index in [4.69, 9.17) is 14.9 Å². The van der Waals surface area contributed by atoms with Crippen LogP contribution in [0.25, 0.3) is 22.1 Å². The monoisotopic (exact) mass is 448 g/mol. The molecule has 0 radical (unpaired) electrons. The van der Waals surface area contributed by atoms with Crippen molar-refractivity contribution >= 4 is 22.7 Å². The Balaban J connectivity index is 1.74. The summed E-state index contributed by atoms with van der Waals surface area (Å²) in [7, 11) is 0. The average molecular weight is 448 g/mol. The fraction of sp³-hybridized carbons (Fsp3) is 0.160. The first-order valence-corrected chi connectivity index (χ1v) is 10.2. The van der Waals surface area contributed by atoms with Gasteiger partial charge in [0.2, 0.25) is 0 Å². The molecule has 0 amide bonds. The molecule has 0 spiro atoms. The lowest BCUT2D eigenvalue weighted by molar-refractivity contribution is -0.136. The highest BCUT2D eigenvalue weighted by Crippen LogP contribution is 2.34. The molecule has 0 aliphatic heterocycles. The van der Waals surface area contributed by atoms with Gasteiger partial charge in [-0.1, -0.05) is 12.1 Å². The predicted molar refractivity (Wildman–Crippen MR) is 119 cm³/mol. The molecular weight excluding hydrogens is 427 g/mol. The molecule has 2 aromatic heterocycles. The highest BCUT2D eigenvalue weighted by Gasteiger charge is 2.18. The van der Waals surface area contributed by atoms with E-state index in [1.165, 1.54) is 31.4 Å². The summed E-state index contributed by atoms with van der Waals surface area (Å²) in [5, 5.41) is 9.48. The summed E-state index contributed by atoms with van der Waals surface area (Å²) >= 11 is 0. The van der Waals surface area contributed by atoms with Crippen molar-refractivity contribution in [3.63, 3.8) is 0 Å². The Morgan fingerprint density at radius 1 is 1.15 bits per heavy atom. The summed E-state index contributed by atoms with van der Waals surface area (Å²) in [6.45, 7) is 1.48. The van der Waals surface area contributed by atoms with Crippen LogP contribution in [0.4, 0.5) is 4.39 Å². The lowest BCUT2D eigenvalue weighted by Gasteiger charge is -2.14. The molecule has 4 rings (SSSR count). The summed E-state index contributed by atoms with van der Waals surface area (Å²) in [6.07, 6.45) is 2.74. The van der Waals surface area contributed by atoms with E-state index in [0.29, 0.717) is 33.4 Å². The number of hydrogen-bond acceptors (Lipinski definition) is 6. The second-order valence-corrected chi connectivity index (χ2v) is 7.54. The van der Waals surface area contributed by atoms with Gasteiger partial charge >= 0.3 is 5.97 Å². The third-order valence-corrected chi connectivity index (χ3v) is 5.28. The predicted octanol–water partition coefficient (Wildman–Crippen LogP) is 4.50. The van der Waals surface area contributed by atoms with Crippen LogP contribution < -0.4 is 10.5 Å². The Morgan fingerprint density at radius 2 is 1.97 bits per heavy atom. The average Bonchev–Trinajstić information content (AvgIpc) is 3.29. The number of aliphatic carboxylic acids is 1. The van der Waals surface area contributed by atoms with Gasteiger partial charge in [-0.25, -0.2) is 4.39 Å². The molecule has 0 fully saturated rings. The minimum Gasteiger partial charge on any atom is -0.488 e. The highest BCUT2D eigenvalue weighted by atomic mass is 19.1. The minimum atomic E-state index is -1.04. The number of carboxylic acid groups (broad SMARTS) is 1. The number of carbonyl (C=O) groups excluding carboxylic acids is 1. The van der Waals surface area contributed by atoms with Gasteiger partial charge < -0.3 is 20.0 Å². The number of pyridine rings is 1. The minimum absolute atomic E-state index is 0.178. The van der Waals surface area contributed by atoms with Crippen molar-refractivity contribution in [2.45, 2.75) is 26.5 Å². The molecule has 8 heteroatoms. The topological polar surface area (TPSA) is 116 Å². The van der Waals surface area contributed by atoms with E-state index in [0.717, 1.165) is 5.56 Å². The third-order valence-electron chi connectivity index (χ3n) is 5.28. The maximum absolute atomic E-state index is 15.2. The molecule has 0 atom stereocenters. The summed E-state index contributed by atoms with van der Waals surface area (Å²) in [4.78, 5) is 27.2. The van der Waals surface area contributed by atoms with Crippen LogP contribution in [0, 0.1) is 5.82 Å². The molecular formula is C25H21FN2O5. The van der Waals surface area contributed by atoms with Crippen LogP contribution in [-0.2, 0) is 24.4 Å². The maximum atomic E-state index is 15.2. The molecule has 0 saturated heterocycles. The van der Waals surface area contributed by atoms with Crippen molar-refractivity contribution in [1.29, 1.82) is 0 Å². The van der Waals surface area contributed by atoms with Gasteiger partial charge in [-0.2, -0.15) is 0 Å². The number of nitrogens with two attached hydrogens (primary N) is 1. The van der Waals surface area contributed by atoms with Crippen LogP contribution in [-0.4, -0.2) is 21.8 Å². The number of aromatic nitrogens is 1. The number of carbonyl (C=O) groups is 2. The second kappa shape index (κ2) is 9.22. The molecule has 0 saturated carbocycles. The standard InChI is InChI=1S/C25H21FN2O5/c1-14(29)15-2-3-17(11-23(30)31)22(10-15)33-13-18-9-21(16-4-6-28-19(8-16)12-27)25-20(24(18)26)5-7-32-25/h2-10H,11-13,27H2,1H3,(H,30,31). The van der Waals surface area contributed by atoms with Crippen LogP contribution in [0.2, 0.25) is 0 Å². The first kappa shape index (κ1) is 22.2. The fourth-order valence-corrected chi connectivity index (χ4v) is 3.62. The number of ether oxygens (including phenoxy) is 1. The molecule has 33 heavy (non-hydrogen) atoms. The van der Waals surface area contributed by atoms with Crippen LogP contribution in [0.15, 0.2) is 59.3 Å². The largest absolute Gasteiger partial charge is 0.488 e. The molecule has 4 aromatic rings. The third kappa shape index (κ3) is 4.61. The number of hydrogen-bond donors (Lipinski definition) is 2. The lowest BCUT2D eigenvalue weighted by Crippen LogP contribution is -2.07. The van der Waals surface area contributed by atoms with Crippen LogP contribution in [0.1, 0.15) is 34.1 Å². The normalized spacial score (nSPS) is 11.0. The van der Waals surface area contributed by atoms with Gasteiger partial charge in [0.1, 0.15) is 23.8 Å². The molecule has 3 N–H and O–H groups in total. The Bertz CT molecular complexity index is 1360. The van der Waals surface area contributed by atoms with E-state index < -0.39 is 11.8 Å². The van der Waals surface area contributed by atoms with E-state index in [-0.39, 0.29) is 36.7 Å². The van der Waals surface area contributed by atoms with Gasteiger partial charge in [0.05, 0.1) is 23.8 Å². The Labute approximate surface area is 188 Å². The van der Waals surface area contributed by atoms with Gasteiger partial charge in [0, 0.05) is 35.0 Å². The smallest absolute Gasteiger partial charge is 0.307 e. The second-order valence-electron chi connectivity index (χ2n) is 7.54. The number of rotatable bonds is 8. The molecule has 2 heterocycles. The molecule has 2 aromatic carbocycles. The number of halogens is 1. The first-order valence-electron chi connectivity index (χ1n) is 10.2. The summed E-state index contributed by atoms with van der Waals surface area (Å²) in [5.41, 5.74) is 9.18. The van der Waals surface area contributed by atoms with E-state index in [1.54, 1.807) is 30.5 Å². The molecule has 0 unspecified atom stereocenters. The Hall–Kier alpha value is -4.04. The Kier molecular flexibility index (Phi) is 6.19. The van der Waals surface area contributed by atoms with E-state index >= 15 is 4.39 Å². The number of nitrogens with zero attached hydrogens (tertiary/aromatic N) is 1. The van der Waals surface area contributed by atoms with Crippen molar-refractivity contribution in [2.24, 2.45) is 5.73 Å². The summed E-state index contributed by atoms with van der Waals surface area (Å²) in [5.74, 6) is -1.52. The molecule has 0 aliphatic rings. The number of Topliss-reactive ketones (excluding diaryl/α,β-unsaturated/α-hetero) is 1. The van der Waals surface area contributed by atoms with Gasteiger partial charge in [0.15, 0.2) is 5.78 Å². The zero-order valence-electron chi connectivity index (χ0n) is 17.8. The zero-order chi connectivity index (χ0) is 23.5. The van der Waals surface area contributed by atoms with E-state index in [1.807, 2.05) is 0 Å². The molecule has 0 aliphatic carbocycles. The van der Waals surface area contributed by atoms with Crippen molar-refractivity contribution in [2.75, 3.05) is 0 Å². The van der Waals surface area contributed by atoms with Gasteiger partial charge in [-0.15, -0.1) is 0 Å². The quantitative estimate of drug-likeness (QED) is 0.381. The molecule has 0 bridgehead atoms. The SMILES string of the molecule is CC(=O)c1ccc(CC(=O)O)c(OCc2cc(-c3ccnc(CN)c3)c3occc3c2F)c1. The number of benzene rings is 2. The van der Waals surface area contributed by atoms with Gasteiger partial charge in [0.25, 0.3) is 0 Å². The number of carboxylic acids is 1.